The van der Waals surface area contributed by atoms with E-state index in [4.69, 9.17) is 9.73 Å². The van der Waals surface area contributed by atoms with Gasteiger partial charge in [-0.3, -0.25) is 9.79 Å². The standard InChI is InChI=1S/C20H39N5O3/c1-6-22-19(25-10-8-16(9-11-25)13-18(26)21-5)23-14-17(12-15(3)4)24-20(27)28-7-2/h15-17H,6-14H2,1-5H3,(H,21,26)(H,22,23)(H,24,27). The summed E-state index contributed by atoms with van der Waals surface area (Å²) >= 11 is 0. The summed E-state index contributed by atoms with van der Waals surface area (Å²) in [5.41, 5.74) is 0. The summed E-state index contributed by atoms with van der Waals surface area (Å²) in [5.74, 6) is 1.87. The van der Waals surface area contributed by atoms with Gasteiger partial charge < -0.3 is 25.6 Å². The topological polar surface area (TPSA) is 95.1 Å². The number of likely N-dealkylation sites (tertiary alicyclic amines) is 1. The van der Waals surface area contributed by atoms with E-state index in [1.807, 2.05) is 0 Å². The minimum absolute atomic E-state index is 0.0569. The molecule has 162 valence electrons. The number of hydrogen-bond donors (Lipinski definition) is 3. The van der Waals surface area contributed by atoms with Crippen molar-refractivity contribution in [2.75, 3.05) is 39.8 Å². The second-order valence-corrected chi connectivity index (χ2v) is 7.69. The number of amides is 2. The fourth-order valence-electron chi connectivity index (χ4n) is 3.42. The average Bonchev–Trinajstić information content (AvgIpc) is 2.65. The third-order valence-electron chi connectivity index (χ3n) is 4.82. The number of rotatable bonds is 9. The summed E-state index contributed by atoms with van der Waals surface area (Å²) in [5, 5.41) is 8.99. The molecular formula is C20H39N5O3. The van der Waals surface area contributed by atoms with Crippen LogP contribution in [0.15, 0.2) is 4.99 Å². The largest absolute Gasteiger partial charge is 0.450 e. The predicted octanol–water partition coefficient (Wildman–Crippen LogP) is 1.96. The molecule has 8 nitrogen and oxygen atoms in total. The van der Waals surface area contributed by atoms with Crippen molar-refractivity contribution in [1.29, 1.82) is 0 Å². The summed E-state index contributed by atoms with van der Waals surface area (Å²) in [6.07, 6.45) is 3.01. The van der Waals surface area contributed by atoms with E-state index < -0.39 is 0 Å². The number of piperidine rings is 1. The SMILES string of the molecule is CCNC(=NCC(CC(C)C)NC(=O)OCC)N1CCC(CC(=O)NC)CC1. The van der Waals surface area contributed by atoms with Gasteiger partial charge >= 0.3 is 6.09 Å². The first-order valence-corrected chi connectivity index (χ1v) is 10.6. The Labute approximate surface area is 169 Å². The molecule has 1 atom stereocenters. The Kier molecular flexibility index (Phi) is 11.4. The number of aliphatic imine (C=N–C) groups is 1. The highest BCUT2D eigenvalue weighted by molar-refractivity contribution is 5.80. The molecule has 1 aliphatic heterocycles. The van der Waals surface area contributed by atoms with Crippen molar-refractivity contribution in [3.05, 3.63) is 0 Å². The quantitative estimate of drug-likeness (QED) is 0.408. The second-order valence-electron chi connectivity index (χ2n) is 7.69. The Hall–Kier alpha value is -1.99. The van der Waals surface area contributed by atoms with Crippen LogP contribution in [0.5, 0.6) is 0 Å². The lowest BCUT2D eigenvalue weighted by molar-refractivity contribution is -0.121. The molecule has 1 rings (SSSR count). The number of nitrogens with zero attached hydrogens (tertiary/aromatic N) is 2. The Balaban J connectivity index is 2.67. The molecule has 1 unspecified atom stereocenters. The molecule has 0 spiro atoms. The minimum atomic E-state index is -0.386. The van der Waals surface area contributed by atoms with Crippen molar-refractivity contribution in [2.45, 2.75) is 59.4 Å². The minimum Gasteiger partial charge on any atom is -0.450 e. The highest BCUT2D eigenvalue weighted by Gasteiger charge is 2.23. The molecular weight excluding hydrogens is 358 g/mol. The van der Waals surface area contributed by atoms with Gasteiger partial charge in [-0.25, -0.2) is 4.79 Å². The first-order chi connectivity index (χ1) is 13.4. The van der Waals surface area contributed by atoms with E-state index in [1.54, 1.807) is 14.0 Å². The third-order valence-corrected chi connectivity index (χ3v) is 4.82. The van der Waals surface area contributed by atoms with Crippen LogP contribution in [0.4, 0.5) is 4.79 Å². The molecule has 3 N–H and O–H groups in total. The number of carbonyl (C=O) groups is 2. The van der Waals surface area contributed by atoms with Crippen LogP contribution >= 0.6 is 0 Å². The molecule has 0 saturated carbocycles. The fourth-order valence-corrected chi connectivity index (χ4v) is 3.42. The van der Waals surface area contributed by atoms with E-state index in [0.717, 1.165) is 44.9 Å². The van der Waals surface area contributed by atoms with Crippen LogP contribution in [-0.2, 0) is 9.53 Å². The molecule has 0 bridgehead atoms. The van der Waals surface area contributed by atoms with E-state index >= 15 is 0 Å². The van der Waals surface area contributed by atoms with Gasteiger partial charge in [-0.15, -0.1) is 0 Å². The number of hydrogen-bond acceptors (Lipinski definition) is 4. The molecule has 0 aromatic carbocycles. The molecule has 0 aromatic heterocycles. The Morgan fingerprint density at radius 3 is 2.43 bits per heavy atom. The summed E-state index contributed by atoms with van der Waals surface area (Å²) in [6, 6.07) is -0.0569. The lowest BCUT2D eigenvalue weighted by Gasteiger charge is -2.34. The van der Waals surface area contributed by atoms with Crippen molar-refractivity contribution in [3.8, 4) is 0 Å². The van der Waals surface area contributed by atoms with Crippen LogP contribution < -0.4 is 16.0 Å². The summed E-state index contributed by atoms with van der Waals surface area (Å²) < 4.78 is 5.02. The fraction of sp³-hybridized carbons (Fsp3) is 0.850. The molecule has 1 fully saturated rings. The zero-order chi connectivity index (χ0) is 20.9. The van der Waals surface area contributed by atoms with Crippen molar-refractivity contribution in [2.24, 2.45) is 16.8 Å². The average molecular weight is 398 g/mol. The summed E-state index contributed by atoms with van der Waals surface area (Å²) in [7, 11) is 1.69. The normalized spacial score (nSPS) is 16.6. The molecule has 8 heteroatoms. The zero-order valence-corrected chi connectivity index (χ0v) is 18.2. The van der Waals surface area contributed by atoms with Gasteiger partial charge in [0.15, 0.2) is 5.96 Å². The number of guanidine groups is 1. The van der Waals surface area contributed by atoms with Gasteiger partial charge in [0.1, 0.15) is 0 Å². The maximum absolute atomic E-state index is 11.8. The Morgan fingerprint density at radius 1 is 1.21 bits per heavy atom. The molecule has 28 heavy (non-hydrogen) atoms. The third kappa shape index (κ3) is 9.28. The van der Waals surface area contributed by atoms with Gasteiger partial charge in [0, 0.05) is 33.1 Å². The van der Waals surface area contributed by atoms with Gasteiger partial charge in [0.2, 0.25) is 5.91 Å². The Bertz CT molecular complexity index is 502. The van der Waals surface area contributed by atoms with Gasteiger partial charge in [-0.1, -0.05) is 13.8 Å². The molecule has 1 saturated heterocycles. The van der Waals surface area contributed by atoms with E-state index in [1.165, 1.54) is 0 Å². The number of ether oxygens (including phenoxy) is 1. The van der Waals surface area contributed by atoms with Crippen molar-refractivity contribution < 1.29 is 14.3 Å². The van der Waals surface area contributed by atoms with Gasteiger partial charge in [-0.2, -0.15) is 0 Å². The number of nitrogens with one attached hydrogen (secondary N) is 3. The first kappa shape index (κ1) is 24.0. The van der Waals surface area contributed by atoms with Crippen LogP contribution in [0, 0.1) is 11.8 Å². The van der Waals surface area contributed by atoms with E-state index in [0.29, 0.717) is 31.4 Å². The van der Waals surface area contributed by atoms with E-state index in [9.17, 15) is 9.59 Å². The maximum atomic E-state index is 11.8. The molecule has 0 aliphatic carbocycles. The van der Waals surface area contributed by atoms with Crippen LogP contribution in [0.25, 0.3) is 0 Å². The highest BCUT2D eigenvalue weighted by atomic mass is 16.5. The second kappa shape index (κ2) is 13.2. The smallest absolute Gasteiger partial charge is 0.407 e. The molecule has 1 heterocycles. The van der Waals surface area contributed by atoms with Crippen molar-refractivity contribution in [3.63, 3.8) is 0 Å². The molecule has 2 amide bonds. The lowest BCUT2D eigenvalue weighted by Crippen LogP contribution is -2.47. The van der Waals surface area contributed by atoms with E-state index in [-0.39, 0.29) is 18.0 Å². The number of alkyl carbamates (subject to hydrolysis) is 1. The van der Waals surface area contributed by atoms with Crippen LogP contribution in [0.3, 0.4) is 0 Å². The van der Waals surface area contributed by atoms with Gasteiger partial charge in [-0.05, 0) is 44.9 Å². The van der Waals surface area contributed by atoms with Crippen LogP contribution in [0.1, 0.15) is 53.4 Å². The van der Waals surface area contributed by atoms with Crippen molar-refractivity contribution >= 4 is 18.0 Å². The maximum Gasteiger partial charge on any atom is 0.407 e. The first-order valence-electron chi connectivity index (χ1n) is 10.6. The summed E-state index contributed by atoms with van der Waals surface area (Å²) in [6.45, 7) is 11.5. The van der Waals surface area contributed by atoms with Crippen molar-refractivity contribution in [1.82, 2.24) is 20.9 Å². The Morgan fingerprint density at radius 2 is 1.89 bits per heavy atom. The van der Waals surface area contributed by atoms with Crippen LogP contribution in [0.2, 0.25) is 0 Å². The van der Waals surface area contributed by atoms with Crippen LogP contribution in [-0.4, -0.2) is 68.7 Å². The highest BCUT2D eigenvalue weighted by Crippen LogP contribution is 2.20. The molecule has 0 radical (unpaired) electrons. The van der Waals surface area contributed by atoms with Gasteiger partial charge in [0.05, 0.1) is 19.2 Å². The number of carbonyl (C=O) groups excluding carboxylic acids is 2. The predicted molar refractivity (Wildman–Crippen MR) is 112 cm³/mol. The molecule has 0 aromatic rings. The summed E-state index contributed by atoms with van der Waals surface area (Å²) in [4.78, 5) is 30.4. The van der Waals surface area contributed by atoms with Gasteiger partial charge in [0.25, 0.3) is 0 Å². The monoisotopic (exact) mass is 397 g/mol. The zero-order valence-electron chi connectivity index (χ0n) is 18.2. The molecule has 1 aliphatic rings. The lowest BCUT2D eigenvalue weighted by atomic mass is 9.93. The van der Waals surface area contributed by atoms with E-state index in [2.05, 4.69) is 41.6 Å².